The van der Waals surface area contributed by atoms with Crippen molar-refractivity contribution in [3.05, 3.63) is 61.2 Å². The van der Waals surface area contributed by atoms with E-state index in [1.807, 2.05) is 30.3 Å². The lowest BCUT2D eigenvalue weighted by Crippen LogP contribution is -2.60. The molecule has 0 aromatic heterocycles. The van der Waals surface area contributed by atoms with E-state index >= 15 is 0 Å². The van der Waals surface area contributed by atoms with E-state index in [0.717, 1.165) is 5.56 Å². The second-order valence-corrected chi connectivity index (χ2v) is 5.73. The highest BCUT2D eigenvalue weighted by Gasteiger charge is 2.45. The van der Waals surface area contributed by atoms with Crippen molar-refractivity contribution < 1.29 is 29.2 Å². The van der Waals surface area contributed by atoms with Gasteiger partial charge < -0.3 is 29.2 Å². The van der Waals surface area contributed by atoms with Gasteiger partial charge in [-0.25, -0.2) is 0 Å². The fourth-order valence-electron chi connectivity index (χ4n) is 2.57. The maximum Gasteiger partial charge on any atom is 0.187 e. The summed E-state index contributed by atoms with van der Waals surface area (Å²) in [6.45, 7) is 8.11. The van der Waals surface area contributed by atoms with Crippen molar-refractivity contribution in [2.75, 3.05) is 19.8 Å². The summed E-state index contributed by atoms with van der Waals surface area (Å²) in [6.07, 6.45) is -1.48. The summed E-state index contributed by atoms with van der Waals surface area (Å²) in [6, 6.07) is 9.56. The molecule has 0 spiro atoms. The van der Waals surface area contributed by atoms with Crippen molar-refractivity contribution >= 4 is 0 Å². The molecule has 1 fully saturated rings. The van der Waals surface area contributed by atoms with E-state index in [2.05, 4.69) is 13.2 Å². The number of aliphatic hydroxyl groups excluding tert-OH is 2. The molecule has 6 heteroatoms. The Morgan fingerprint density at radius 2 is 1.72 bits per heavy atom. The molecule has 1 aromatic carbocycles. The first-order valence-electron chi connectivity index (χ1n) is 8.25. The lowest BCUT2D eigenvalue weighted by Gasteiger charge is -2.42. The monoisotopic (exact) mass is 350 g/mol. The Morgan fingerprint density at radius 3 is 2.40 bits per heavy atom. The van der Waals surface area contributed by atoms with Crippen LogP contribution >= 0.6 is 0 Å². The topological polar surface area (TPSA) is 77.4 Å². The van der Waals surface area contributed by atoms with Gasteiger partial charge in [-0.3, -0.25) is 0 Å². The number of benzene rings is 1. The predicted molar refractivity (Wildman–Crippen MR) is 92.9 cm³/mol. The molecule has 138 valence electrons. The summed E-state index contributed by atoms with van der Waals surface area (Å²) < 4.78 is 22.3. The van der Waals surface area contributed by atoms with Gasteiger partial charge in [-0.05, 0) is 5.56 Å². The second-order valence-electron chi connectivity index (χ2n) is 5.73. The van der Waals surface area contributed by atoms with E-state index in [9.17, 15) is 10.2 Å². The molecule has 1 saturated heterocycles. The molecule has 0 aliphatic carbocycles. The zero-order chi connectivity index (χ0) is 18.1. The van der Waals surface area contributed by atoms with Gasteiger partial charge in [0.05, 0.1) is 26.4 Å². The number of hydrogen-bond donors (Lipinski definition) is 2. The van der Waals surface area contributed by atoms with Crippen LogP contribution in [0.5, 0.6) is 0 Å². The van der Waals surface area contributed by atoms with Gasteiger partial charge in [0.1, 0.15) is 24.4 Å². The Balaban J connectivity index is 2.01. The molecule has 1 aliphatic heterocycles. The molecular weight excluding hydrogens is 324 g/mol. The zero-order valence-corrected chi connectivity index (χ0v) is 14.2. The van der Waals surface area contributed by atoms with E-state index in [-0.39, 0.29) is 19.8 Å². The van der Waals surface area contributed by atoms with Crippen LogP contribution in [0.3, 0.4) is 0 Å². The largest absolute Gasteiger partial charge is 0.387 e. The molecule has 0 saturated carbocycles. The van der Waals surface area contributed by atoms with Crippen molar-refractivity contribution in [2.24, 2.45) is 0 Å². The molecule has 0 unspecified atom stereocenters. The SMILES string of the molecule is C=CCOC[C@H]1O[C@H](OCc2ccccc2)[C@@H](O)[C@@H](OCC=C)[C@@H]1O. The minimum Gasteiger partial charge on any atom is -0.387 e. The number of aliphatic hydroxyl groups is 2. The smallest absolute Gasteiger partial charge is 0.187 e. The molecule has 6 nitrogen and oxygen atoms in total. The first-order valence-corrected chi connectivity index (χ1v) is 8.25. The average Bonchev–Trinajstić information content (AvgIpc) is 2.63. The van der Waals surface area contributed by atoms with E-state index < -0.39 is 30.7 Å². The van der Waals surface area contributed by atoms with Gasteiger partial charge >= 0.3 is 0 Å². The molecule has 1 aromatic rings. The van der Waals surface area contributed by atoms with Gasteiger partial charge in [0.25, 0.3) is 0 Å². The van der Waals surface area contributed by atoms with E-state index in [0.29, 0.717) is 6.61 Å². The molecular formula is C19H26O6. The summed E-state index contributed by atoms with van der Waals surface area (Å²) in [4.78, 5) is 0. The molecule has 25 heavy (non-hydrogen) atoms. The summed E-state index contributed by atoms with van der Waals surface area (Å²) in [5.74, 6) is 0. The van der Waals surface area contributed by atoms with Gasteiger partial charge in [0, 0.05) is 0 Å². The van der Waals surface area contributed by atoms with Crippen molar-refractivity contribution in [1.82, 2.24) is 0 Å². The minimum atomic E-state index is -1.13. The maximum absolute atomic E-state index is 10.5. The fraction of sp³-hybridized carbons (Fsp3) is 0.474. The number of ether oxygens (including phenoxy) is 4. The first kappa shape index (κ1) is 19.8. The van der Waals surface area contributed by atoms with Crippen molar-refractivity contribution in [3.8, 4) is 0 Å². The van der Waals surface area contributed by atoms with Gasteiger partial charge in [0.15, 0.2) is 6.29 Å². The standard InChI is InChI=1S/C19H26O6/c1-3-10-22-13-15-16(20)18(23-11-4-2)17(21)19(25-15)24-12-14-8-6-5-7-9-14/h3-9,15-21H,1-2,10-13H2/t15-,16-,17+,18+,19+/m1/s1. The van der Waals surface area contributed by atoms with Crippen LogP contribution in [-0.2, 0) is 25.6 Å². The lowest BCUT2D eigenvalue weighted by atomic mass is 9.99. The summed E-state index contributed by atoms with van der Waals surface area (Å²) >= 11 is 0. The summed E-state index contributed by atoms with van der Waals surface area (Å²) in [5.41, 5.74) is 0.951. The molecule has 1 heterocycles. The van der Waals surface area contributed by atoms with Crippen LogP contribution in [0.4, 0.5) is 0 Å². The molecule has 0 bridgehead atoms. The minimum absolute atomic E-state index is 0.138. The van der Waals surface area contributed by atoms with E-state index in [1.54, 1.807) is 12.2 Å². The van der Waals surface area contributed by atoms with Crippen LogP contribution in [0, 0.1) is 0 Å². The van der Waals surface area contributed by atoms with Gasteiger partial charge in [0.2, 0.25) is 0 Å². The van der Waals surface area contributed by atoms with Crippen LogP contribution in [0.1, 0.15) is 5.56 Å². The Morgan fingerprint density at radius 1 is 1.00 bits per heavy atom. The van der Waals surface area contributed by atoms with Crippen molar-refractivity contribution in [1.29, 1.82) is 0 Å². The van der Waals surface area contributed by atoms with E-state index in [1.165, 1.54) is 0 Å². The van der Waals surface area contributed by atoms with E-state index in [4.69, 9.17) is 18.9 Å². The molecule has 2 N–H and O–H groups in total. The van der Waals surface area contributed by atoms with Gasteiger partial charge in [-0.15, -0.1) is 13.2 Å². The molecule has 1 aliphatic rings. The van der Waals surface area contributed by atoms with Gasteiger partial charge in [-0.2, -0.15) is 0 Å². The highest BCUT2D eigenvalue weighted by Crippen LogP contribution is 2.25. The Kier molecular flexibility index (Phi) is 8.27. The molecule has 2 rings (SSSR count). The van der Waals surface area contributed by atoms with Crippen LogP contribution in [-0.4, -0.2) is 60.7 Å². The Bertz CT molecular complexity index is 520. The van der Waals surface area contributed by atoms with Crippen LogP contribution in [0.15, 0.2) is 55.6 Å². The first-order chi connectivity index (χ1) is 12.2. The summed E-state index contributed by atoms with van der Waals surface area (Å²) in [7, 11) is 0. The molecule has 5 atom stereocenters. The van der Waals surface area contributed by atoms with Crippen LogP contribution in [0.2, 0.25) is 0 Å². The number of hydrogen-bond acceptors (Lipinski definition) is 6. The van der Waals surface area contributed by atoms with Crippen LogP contribution < -0.4 is 0 Å². The highest BCUT2D eigenvalue weighted by molar-refractivity contribution is 5.13. The third-order valence-corrected chi connectivity index (χ3v) is 3.82. The predicted octanol–water partition coefficient (Wildman–Crippen LogP) is 1.42. The molecule has 0 radical (unpaired) electrons. The number of rotatable bonds is 10. The molecule has 0 amide bonds. The fourth-order valence-corrected chi connectivity index (χ4v) is 2.57. The second kappa shape index (κ2) is 10.5. The normalized spacial score (nSPS) is 29.3. The maximum atomic E-state index is 10.5. The average molecular weight is 350 g/mol. The van der Waals surface area contributed by atoms with Gasteiger partial charge in [-0.1, -0.05) is 42.5 Å². The zero-order valence-electron chi connectivity index (χ0n) is 14.2. The summed E-state index contributed by atoms with van der Waals surface area (Å²) in [5, 5.41) is 20.9. The third kappa shape index (κ3) is 5.74. The van der Waals surface area contributed by atoms with Crippen LogP contribution in [0.25, 0.3) is 0 Å². The van der Waals surface area contributed by atoms with Crippen molar-refractivity contribution in [2.45, 2.75) is 37.3 Å². The Labute approximate surface area is 148 Å². The Hall–Kier alpha value is -1.54. The quantitative estimate of drug-likeness (QED) is 0.491. The lowest BCUT2D eigenvalue weighted by molar-refractivity contribution is -0.310. The highest BCUT2D eigenvalue weighted by atomic mass is 16.7. The third-order valence-electron chi connectivity index (χ3n) is 3.82. The van der Waals surface area contributed by atoms with Crippen molar-refractivity contribution in [3.63, 3.8) is 0 Å².